The fraction of sp³-hybridized carbons (Fsp3) is 0.400. The molecule has 0 bridgehead atoms. The third kappa shape index (κ3) is 4.12. The van der Waals surface area contributed by atoms with Crippen LogP contribution < -0.4 is 11.5 Å². The zero-order chi connectivity index (χ0) is 17.8. The first-order valence-corrected chi connectivity index (χ1v) is 7.02. The van der Waals surface area contributed by atoms with Gasteiger partial charge in [-0.05, 0) is 25.0 Å². The van der Waals surface area contributed by atoms with Crippen molar-refractivity contribution in [1.29, 1.82) is 0 Å². The number of hydrogen-bond donors (Lipinski definition) is 5. The second kappa shape index (κ2) is 6.99. The van der Waals surface area contributed by atoms with Gasteiger partial charge in [0.25, 0.3) is 0 Å². The van der Waals surface area contributed by atoms with Crippen molar-refractivity contribution in [1.82, 2.24) is 10.2 Å². The molecule has 1 aliphatic rings. The highest BCUT2D eigenvalue weighted by atomic mass is 16.4. The van der Waals surface area contributed by atoms with Gasteiger partial charge < -0.3 is 21.7 Å². The van der Waals surface area contributed by atoms with Gasteiger partial charge in [0.15, 0.2) is 0 Å². The highest BCUT2D eigenvalue weighted by Gasteiger charge is 2.41. The van der Waals surface area contributed by atoms with Crippen molar-refractivity contribution in [2.75, 3.05) is 0 Å². The summed E-state index contributed by atoms with van der Waals surface area (Å²) in [4.78, 5) is 21.7. The molecule has 2 rings (SSSR count). The number of nitrogens with zero attached hydrogens (tertiary/aromatic N) is 1. The lowest BCUT2D eigenvalue weighted by Gasteiger charge is -2.29. The van der Waals surface area contributed by atoms with Gasteiger partial charge in [-0.25, -0.2) is 4.79 Å². The van der Waals surface area contributed by atoms with Crippen LogP contribution in [0, 0.1) is 5.41 Å². The molecule has 0 fully saturated rings. The van der Waals surface area contributed by atoms with E-state index in [1.165, 1.54) is 13.0 Å². The Morgan fingerprint density at radius 3 is 2.30 bits per heavy atom. The molecule has 1 atom stereocenters. The molecule has 0 aliphatic heterocycles. The summed E-state index contributed by atoms with van der Waals surface area (Å²) < 4.78 is 0. The number of H-pyrrole nitrogens is 1. The van der Waals surface area contributed by atoms with E-state index in [4.69, 9.17) is 21.7 Å². The number of carbonyl (C=O) groups is 2. The fourth-order valence-corrected chi connectivity index (χ4v) is 2.03. The maximum absolute atomic E-state index is 11.0. The molecule has 0 saturated heterocycles. The Hall–Kier alpha value is -2.77. The Balaban J connectivity index is 0.000000277. The first kappa shape index (κ1) is 18.3. The molecule has 7 N–H and O–H groups in total. The average Bonchev–Trinajstić information content (AvgIpc) is 2.99. The summed E-state index contributed by atoms with van der Waals surface area (Å²) >= 11 is 0. The van der Waals surface area contributed by atoms with Crippen LogP contribution in [0.2, 0.25) is 0 Å². The van der Waals surface area contributed by atoms with Gasteiger partial charge >= 0.3 is 11.9 Å². The van der Waals surface area contributed by atoms with Gasteiger partial charge in [0.05, 0.1) is 11.4 Å². The largest absolute Gasteiger partial charge is 0.481 e. The highest BCUT2D eigenvalue weighted by molar-refractivity contribution is 5.91. The zero-order valence-corrected chi connectivity index (χ0v) is 13.3. The third-order valence-electron chi connectivity index (χ3n) is 3.64. The number of rotatable bonds is 3. The van der Waals surface area contributed by atoms with E-state index in [1.807, 2.05) is 12.3 Å². The summed E-state index contributed by atoms with van der Waals surface area (Å²) in [6, 6.07) is 1.99. The van der Waals surface area contributed by atoms with Crippen LogP contribution in [0.5, 0.6) is 0 Å². The molecule has 1 aromatic heterocycles. The van der Waals surface area contributed by atoms with Crippen molar-refractivity contribution in [2.45, 2.75) is 33.1 Å². The fourth-order valence-electron chi connectivity index (χ4n) is 2.03. The van der Waals surface area contributed by atoms with Crippen molar-refractivity contribution in [3.8, 4) is 0 Å². The Morgan fingerprint density at radius 1 is 1.35 bits per heavy atom. The van der Waals surface area contributed by atoms with Crippen LogP contribution in [0.1, 0.15) is 38.8 Å². The zero-order valence-electron chi connectivity index (χ0n) is 13.3. The summed E-state index contributed by atoms with van der Waals surface area (Å²) in [6.07, 6.45) is 2.88. The normalized spacial score (nSPS) is 20.6. The number of hydrogen-bond acceptors (Lipinski definition) is 5. The van der Waals surface area contributed by atoms with E-state index < -0.39 is 17.4 Å². The van der Waals surface area contributed by atoms with Gasteiger partial charge in [-0.2, -0.15) is 5.10 Å². The lowest BCUT2D eigenvalue weighted by Crippen LogP contribution is -2.39. The Morgan fingerprint density at radius 2 is 1.96 bits per heavy atom. The molecule has 0 spiro atoms. The van der Waals surface area contributed by atoms with Crippen LogP contribution >= 0.6 is 0 Å². The van der Waals surface area contributed by atoms with Gasteiger partial charge in [-0.3, -0.25) is 9.89 Å². The molecular formula is C15H22N4O4. The number of aliphatic carboxylic acids is 2. The first-order valence-electron chi connectivity index (χ1n) is 7.02. The van der Waals surface area contributed by atoms with Crippen molar-refractivity contribution >= 4 is 11.9 Å². The summed E-state index contributed by atoms with van der Waals surface area (Å²) in [6.45, 7) is 5.60. The van der Waals surface area contributed by atoms with Gasteiger partial charge in [-0.1, -0.05) is 13.8 Å². The minimum absolute atomic E-state index is 0.000000000000000222. The average molecular weight is 322 g/mol. The van der Waals surface area contributed by atoms with Crippen LogP contribution in [0.4, 0.5) is 0 Å². The van der Waals surface area contributed by atoms with E-state index in [0.717, 1.165) is 5.69 Å². The van der Waals surface area contributed by atoms with Gasteiger partial charge in [0.2, 0.25) is 0 Å². The van der Waals surface area contributed by atoms with Crippen molar-refractivity contribution in [3.05, 3.63) is 41.0 Å². The number of aromatic nitrogens is 2. The van der Waals surface area contributed by atoms with Crippen LogP contribution in [0.15, 0.2) is 35.3 Å². The number of carboxylic acids is 2. The Bertz CT molecular complexity index is 646. The predicted octanol–water partition coefficient (Wildman–Crippen LogP) is 1.15. The topological polar surface area (TPSA) is 155 Å². The van der Waals surface area contributed by atoms with E-state index in [0.29, 0.717) is 5.92 Å². The summed E-state index contributed by atoms with van der Waals surface area (Å²) in [7, 11) is 0. The summed E-state index contributed by atoms with van der Waals surface area (Å²) in [5.74, 6) is -1.83. The van der Waals surface area contributed by atoms with Gasteiger partial charge in [0.1, 0.15) is 5.41 Å². The van der Waals surface area contributed by atoms with E-state index in [-0.39, 0.29) is 23.4 Å². The number of aromatic amines is 1. The first-order chi connectivity index (χ1) is 10.6. The smallest absolute Gasteiger partial charge is 0.331 e. The lowest BCUT2D eigenvalue weighted by atomic mass is 9.76. The molecule has 0 amide bonds. The Labute approximate surface area is 133 Å². The number of allylic oxidation sites excluding steroid dienone is 1. The molecule has 1 aliphatic carbocycles. The van der Waals surface area contributed by atoms with Gasteiger partial charge in [0, 0.05) is 23.9 Å². The summed E-state index contributed by atoms with van der Waals surface area (Å²) in [5, 5.41) is 24.5. The molecule has 0 radical (unpaired) electrons. The third-order valence-corrected chi connectivity index (χ3v) is 3.64. The second-order valence-electron chi connectivity index (χ2n) is 5.81. The molecular weight excluding hydrogens is 300 g/mol. The van der Waals surface area contributed by atoms with Crippen molar-refractivity contribution in [3.63, 3.8) is 0 Å². The van der Waals surface area contributed by atoms with E-state index in [1.54, 1.807) is 0 Å². The lowest BCUT2D eigenvalue weighted by molar-refractivity contribution is -0.146. The minimum atomic E-state index is -1.44. The maximum atomic E-state index is 11.0. The molecule has 1 aromatic rings. The molecule has 1 unspecified atom stereocenters. The van der Waals surface area contributed by atoms with Crippen molar-refractivity contribution < 1.29 is 19.8 Å². The number of nitrogens with two attached hydrogens (primary N) is 2. The molecule has 8 heteroatoms. The van der Waals surface area contributed by atoms with Crippen LogP contribution in [0.3, 0.4) is 0 Å². The quantitative estimate of drug-likeness (QED) is 0.559. The van der Waals surface area contributed by atoms with E-state index >= 15 is 0 Å². The highest BCUT2D eigenvalue weighted by Crippen LogP contribution is 2.36. The SMILES string of the molecule is CC(C)c1cc[nH]n1.CC1(C(=O)O)CC(C(=O)O)=CC(N)=C1N. The number of nitrogens with one attached hydrogen (secondary N) is 1. The standard InChI is InChI=1S/C9H12N2O4.C6H10N2/c1-9(8(14)15)3-4(7(12)13)2-5(10)6(9)11;1-5(2)6-3-4-7-8-6/h2H,3,10-11H2,1H3,(H,12,13)(H,14,15);3-5H,1-2H3,(H,7,8). The van der Waals surface area contributed by atoms with Crippen LogP contribution in [-0.4, -0.2) is 32.3 Å². The molecule has 1 heterocycles. The molecule has 126 valence electrons. The van der Waals surface area contributed by atoms with E-state index in [9.17, 15) is 9.59 Å². The molecule has 23 heavy (non-hydrogen) atoms. The molecule has 0 saturated carbocycles. The minimum Gasteiger partial charge on any atom is -0.481 e. The predicted molar refractivity (Wildman–Crippen MR) is 84.2 cm³/mol. The van der Waals surface area contributed by atoms with Crippen LogP contribution in [0.25, 0.3) is 0 Å². The van der Waals surface area contributed by atoms with E-state index in [2.05, 4.69) is 24.0 Å². The van der Waals surface area contributed by atoms with Crippen molar-refractivity contribution in [2.24, 2.45) is 16.9 Å². The molecule has 0 aromatic carbocycles. The van der Waals surface area contributed by atoms with Gasteiger partial charge in [-0.15, -0.1) is 0 Å². The molecule has 8 nitrogen and oxygen atoms in total. The second-order valence-corrected chi connectivity index (χ2v) is 5.81. The summed E-state index contributed by atoms with van der Waals surface area (Å²) in [5.41, 5.74) is 10.7. The monoisotopic (exact) mass is 322 g/mol. The van der Waals surface area contributed by atoms with Crippen LogP contribution in [-0.2, 0) is 9.59 Å². The number of carboxylic acid groups (broad SMARTS) is 2. The maximum Gasteiger partial charge on any atom is 0.331 e. The Kier molecular flexibility index (Phi) is 5.56.